The Balaban J connectivity index is 3.05. The van der Waals surface area contributed by atoms with Gasteiger partial charge in [0.05, 0.1) is 18.6 Å². The number of aromatic hydroxyl groups is 1. The number of benzene rings is 1. The van der Waals surface area contributed by atoms with Crippen LogP contribution in [0.15, 0.2) is 24.3 Å². The molecule has 0 unspecified atom stereocenters. The predicted molar refractivity (Wildman–Crippen MR) is 173 cm³/mol. The topological polar surface area (TPSA) is 186 Å². The van der Waals surface area contributed by atoms with Crippen LogP contribution in [-0.4, -0.2) is 76.6 Å². The van der Waals surface area contributed by atoms with Crippen LogP contribution in [0.3, 0.4) is 0 Å². The van der Waals surface area contributed by atoms with Crippen molar-refractivity contribution in [1.82, 2.24) is 26.6 Å². The van der Waals surface area contributed by atoms with Gasteiger partial charge in [-0.15, -0.1) is 0 Å². The maximum absolute atomic E-state index is 13.5. The monoisotopic (exact) mass is 633 g/mol. The summed E-state index contributed by atoms with van der Waals surface area (Å²) in [6.45, 7) is 15.3. The summed E-state index contributed by atoms with van der Waals surface area (Å²) >= 11 is 0. The van der Waals surface area contributed by atoms with E-state index in [0.29, 0.717) is 32.2 Å². The van der Waals surface area contributed by atoms with E-state index in [0.717, 1.165) is 0 Å². The Labute approximate surface area is 267 Å². The third-order valence-electron chi connectivity index (χ3n) is 7.18. The normalized spacial score (nSPS) is 14.7. The van der Waals surface area contributed by atoms with Gasteiger partial charge in [-0.05, 0) is 62.1 Å². The molecule has 254 valence electrons. The summed E-state index contributed by atoms with van der Waals surface area (Å²) in [5, 5.41) is 34.5. The molecule has 0 aromatic heterocycles. The van der Waals surface area contributed by atoms with Crippen LogP contribution in [0.25, 0.3) is 0 Å². The summed E-state index contributed by atoms with van der Waals surface area (Å²) in [5.74, 6) is -2.55. The highest BCUT2D eigenvalue weighted by atomic mass is 16.3. The SMILES string of the molecule is CCC[C@H](NC(=O)[C@H](CC(C)C)NC(=O)c1cccc(O)c1)C(=O)N[C@@H](CC(C)C)[C@@H](O)CC(=O)N[C@H](C(=O)NCC)C(C)C. The summed E-state index contributed by atoms with van der Waals surface area (Å²) in [5.41, 5.74) is 0.194. The molecule has 0 fully saturated rings. The number of carbonyl (C=O) groups is 5. The van der Waals surface area contributed by atoms with Crippen LogP contribution >= 0.6 is 0 Å². The van der Waals surface area contributed by atoms with Crippen LogP contribution in [-0.2, 0) is 19.2 Å². The highest BCUT2D eigenvalue weighted by Crippen LogP contribution is 2.15. The highest BCUT2D eigenvalue weighted by molar-refractivity contribution is 5.98. The summed E-state index contributed by atoms with van der Waals surface area (Å²) in [6.07, 6.45) is -0.0187. The molecule has 0 spiro atoms. The number of likely N-dealkylation sites (N-methyl/N-ethyl adjacent to an activating group) is 1. The zero-order valence-corrected chi connectivity index (χ0v) is 28.1. The van der Waals surface area contributed by atoms with Crippen molar-refractivity contribution in [3.05, 3.63) is 29.8 Å². The maximum Gasteiger partial charge on any atom is 0.252 e. The molecule has 1 aromatic carbocycles. The first-order valence-electron chi connectivity index (χ1n) is 16.0. The largest absolute Gasteiger partial charge is 0.508 e. The van der Waals surface area contributed by atoms with Gasteiger partial charge in [0.25, 0.3) is 5.91 Å². The summed E-state index contributed by atoms with van der Waals surface area (Å²) in [6, 6.07) is 2.35. The minimum Gasteiger partial charge on any atom is -0.508 e. The molecule has 7 N–H and O–H groups in total. The first kappa shape index (κ1) is 39.4. The van der Waals surface area contributed by atoms with Crippen molar-refractivity contribution in [2.45, 2.75) is 118 Å². The fourth-order valence-corrected chi connectivity index (χ4v) is 4.91. The van der Waals surface area contributed by atoms with Gasteiger partial charge in [-0.25, -0.2) is 0 Å². The standard InChI is InChI=1S/C33H55N5O7/c1-9-12-24(35-32(44)26(16-20(5)6)37-30(42)22-13-11-14-23(39)17-22)31(43)36-25(15-19(3)4)27(40)18-28(41)38-29(21(7)8)33(45)34-10-2/h11,13-14,17,19-21,24-27,29,39-40H,9-10,12,15-16,18H2,1-8H3,(H,34,45)(H,35,44)(H,36,43)(H,37,42)(H,38,41)/t24-,25-,26-,27-,29-/m0/s1. The second kappa shape index (κ2) is 19.7. The summed E-state index contributed by atoms with van der Waals surface area (Å²) < 4.78 is 0. The van der Waals surface area contributed by atoms with Crippen molar-refractivity contribution in [2.24, 2.45) is 17.8 Å². The van der Waals surface area contributed by atoms with Crippen LogP contribution in [0.5, 0.6) is 5.75 Å². The number of aliphatic hydroxyl groups excluding tert-OH is 1. The molecule has 45 heavy (non-hydrogen) atoms. The Bertz CT molecular complexity index is 1120. The highest BCUT2D eigenvalue weighted by Gasteiger charge is 2.32. The number of carbonyl (C=O) groups excluding carboxylic acids is 5. The Hall–Kier alpha value is -3.67. The van der Waals surface area contributed by atoms with Crippen LogP contribution in [0, 0.1) is 17.8 Å². The lowest BCUT2D eigenvalue weighted by Crippen LogP contribution is -2.57. The number of rotatable bonds is 19. The predicted octanol–water partition coefficient (Wildman–Crippen LogP) is 2.38. The molecule has 0 aliphatic carbocycles. The fourth-order valence-electron chi connectivity index (χ4n) is 4.91. The van der Waals surface area contributed by atoms with E-state index in [1.54, 1.807) is 6.92 Å². The zero-order chi connectivity index (χ0) is 34.3. The molecule has 0 radical (unpaired) electrons. The molecule has 0 saturated heterocycles. The molecule has 12 heteroatoms. The van der Waals surface area contributed by atoms with Crippen molar-refractivity contribution in [2.75, 3.05) is 6.54 Å². The van der Waals surface area contributed by atoms with E-state index >= 15 is 0 Å². The zero-order valence-electron chi connectivity index (χ0n) is 28.1. The van der Waals surface area contributed by atoms with Crippen molar-refractivity contribution in [1.29, 1.82) is 0 Å². The van der Waals surface area contributed by atoms with E-state index in [1.807, 2.05) is 48.5 Å². The minimum absolute atomic E-state index is 0.0451. The van der Waals surface area contributed by atoms with Crippen LogP contribution in [0.4, 0.5) is 0 Å². The number of phenolic OH excluding ortho intramolecular Hbond substituents is 1. The second-order valence-corrected chi connectivity index (χ2v) is 12.8. The molecule has 5 atom stereocenters. The molecule has 0 bridgehead atoms. The number of hydrogen-bond acceptors (Lipinski definition) is 7. The van der Waals surface area contributed by atoms with Gasteiger partial charge in [0.15, 0.2) is 0 Å². The lowest BCUT2D eigenvalue weighted by atomic mass is 9.95. The first-order valence-corrected chi connectivity index (χ1v) is 16.0. The van der Waals surface area contributed by atoms with Crippen molar-refractivity contribution in [3.8, 4) is 5.75 Å². The number of hydrogen-bond donors (Lipinski definition) is 7. The van der Waals surface area contributed by atoms with E-state index in [1.165, 1.54) is 24.3 Å². The van der Waals surface area contributed by atoms with Gasteiger partial charge >= 0.3 is 0 Å². The van der Waals surface area contributed by atoms with Crippen LogP contribution in [0.2, 0.25) is 0 Å². The third kappa shape index (κ3) is 14.3. The lowest BCUT2D eigenvalue weighted by molar-refractivity contribution is -0.132. The Morgan fingerprint density at radius 2 is 1.40 bits per heavy atom. The summed E-state index contributed by atoms with van der Waals surface area (Å²) in [7, 11) is 0. The summed E-state index contributed by atoms with van der Waals surface area (Å²) in [4.78, 5) is 65.0. The minimum atomic E-state index is -1.24. The maximum atomic E-state index is 13.5. The van der Waals surface area contributed by atoms with Gasteiger partial charge in [-0.1, -0.05) is 61.0 Å². The number of amides is 5. The van der Waals surface area contributed by atoms with Crippen LogP contribution < -0.4 is 26.6 Å². The molecule has 0 saturated carbocycles. The average Bonchev–Trinajstić information content (AvgIpc) is 2.94. The molecule has 0 heterocycles. The molecule has 1 aromatic rings. The number of aliphatic hydroxyl groups is 1. The smallest absolute Gasteiger partial charge is 0.252 e. The molecule has 5 amide bonds. The Morgan fingerprint density at radius 1 is 0.778 bits per heavy atom. The molecule has 12 nitrogen and oxygen atoms in total. The van der Waals surface area contributed by atoms with Gasteiger partial charge in [-0.3, -0.25) is 24.0 Å². The van der Waals surface area contributed by atoms with Crippen molar-refractivity contribution < 1.29 is 34.2 Å². The van der Waals surface area contributed by atoms with Crippen molar-refractivity contribution in [3.63, 3.8) is 0 Å². The van der Waals surface area contributed by atoms with E-state index in [-0.39, 0.29) is 41.4 Å². The fraction of sp³-hybridized carbons (Fsp3) is 0.667. The lowest BCUT2D eigenvalue weighted by Gasteiger charge is -2.29. The van der Waals surface area contributed by atoms with Crippen LogP contribution in [0.1, 0.15) is 97.9 Å². The first-order chi connectivity index (χ1) is 21.1. The molecular weight excluding hydrogens is 578 g/mol. The average molecular weight is 634 g/mol. The van der Waals surface area contributed by atoms with Gasteiger partial charge in [0.1, 0.15) is 23.9 Å². The number of phenols is 1. The molecule has 1 rings (SSSR count). The van der Waals surface area contributed by atoms with Crippen molar-refractivity contribution >= 4 is 29.5 Å². The van der Waals surface area contributed by atoms with Gasteiger partial charge in [0, 0.05) is 12.1 Å². The molecule has 0 aliphatic rings. The Kier molecular flexibility index (Phi) is 17.2. The number of nitrogens with one attached hydrogen (secondary N) is 5. The second-order valence-electron chi connectivity index (χ2n) is 12.8. The van der Waals surface area contributed by atoms with E-state index in [2.05, 4.69) is 26.6 Å². The van der Waals surface area contributed by atoms with Gasteiger partial charge in [0.2, 0.25) is 23.6 Å². The third-order valence-corrected chi connectivity index (χ3v) is 7.18. The van der Waals surface area contributed by atoms with Gasteiger partial charge < -0.3 is 36.8 Å². The van der Waals surface area contributed by atoms with E-state index in [9.17, 15) is 34.2 Å². The Morgan fingerprint density at radius 3 is 1.93 bits per heavy atom. The van der Waals surface area contributed by atoms with E-state index < -0.39 is 53.9 Å². The quantitative estimate of drug-likeness (QED) is 0.122. The molecular formula is C33H55N5O7. The van der Waals surface area contributed by atoms with E-state index in [4.69, 9.17) is 0 Å². The van der Waals surface area contributed by atoms with Gasteiger partial charge in [-0.2, -0.15) is 0 Å². The molecule has 0 aliphatic heterocycles.